The van der Waals surface area contributed by atoms with Gasteiger partial charge in [-0.2, -0.15) is 0 Å². The van der Waals surface area contributed by atoms with Gasteiger partial charge >= 0.3 is 11.9 Å². The minimum absolute atomic E-state index is 0.253. The molecule has 0 radical (unpaired) electrons. The minimum Gasteiger partial charge on any atom is -0.487 e. The third kappa shape index (κ3) is 9.34. The molecule has 38 heavy (non-hydrogen) atoms. The van der Waals surface area contributed by atoms with E-state index in [9.17, 15) is 9.59 Å². The molecule has 1 aromatic carbocycles. The smallest absolute Gasteiger partial charge is 0.336 e. The number of hydrogen-bond donors (Lipinski definition) is 1. The van der Waals surface area contributed by atoms with Crippen LogP contribution in [0.2, 0.25) is 0 Å². The molecule has 1 aromatic rings. The highest BCUT2D eigenvalue weighted by molar-refractivity contribution is 5.92. The number of fused-ring (bicyclic) bond motifs is 1. The van der Waals surface area contributed by atoms with E-state index in [1.807, 2.05) is 20.8 Å². The Labute approximate surface area is 229 Å². The van der Waals surface area contributed by atoms with Gasteiger partial charge in [0.25, 0.3) is 0 Å². The summed E-state index contributed by atoms with van der Waals surface area (Å²) in [6.07, 6.45) is 16.8. The van der Waals surface area contributed by atoms with Crippen LogP contribution >= 0.6 is 0 Å². The first-order valence-corrected chi connectivity index (χ1v) is 13.7. The third-order valence-corrected chi connectivity index (χ3v) is 7.42. The lowest BCUT2D eigenvalue weighted by atomic mass is 9.85. The van der Waals surface area contributed by atoms with E-state index in [2.05, 4.69) is 52.8 Å². The van der Waals surface area contributed by atoms with Crippen molar-refractivity contribution >= 4 is 11.9 Å². The zero-order valence-corrected chi connectivity index (χ0v) is 24.6. The monoisotopic (exact) mass is 522 g/mol. The SMILES string of the molecule is CC(C)=CCCC(C)=CCCC(C)=CCC[C@]1(C)CCc2c(C)c(OC(=O)C=CC(=O)O)c(C)c(C)c2O1. The van der Waals surface area contributed by atoms with Gasteiger partial charge in [-0.3, -0.25) is 0 Å². The number of hydrogen-bond acceptors (Lipinski definition) is 4. The van der Waals surface area contributed by atoms with E-state index in [0.29, 0.717) is 5.75 Å². The summed E-state index contributed by atoms with van der Waals surface area (Å²) in [6, 6.07) is 0. The molecule has 208 valence electrons. The van der Waals surface area contributed by atoms with Gasteiger partial charge < -0.3 is 14.6 Å². The van der Waals surface area contributed by atoms with Crippen LogP contribution in [0.3, 0.4) is 0 Å². The van der Waals surface area contributed by atoms with Gasteiger partial charge in [0, 0.05) is 17.7 Å². The predicted molar refractivity (Wildman–Crippen MR) is 155 cm³/mol. The number of rotatable bonds is 12. The van der Waals surface area contributed by atoms with Gasteiger partial charge in [0.15, 0.2) is 0 Å². The lowest BCUT2D eigenvalue weighted by Gasteiger charge is -2.38. The van der Waals surface area contributed by atoms with Crippen molar-refractivity contribution in [3.8, 4) is 11.5 Å². The minimum atomic E-state index is -1.19. The highest BCUT2D eigenvalue weighted by Crippen LogP contribution is 2.44. The summed E-state index contributed by atoms with van der Waals surface area (Å²) >= 11 is 0. The molecule has 0 saturated carbocycles. The molecule has 0 aliphatic carbocycles. The number of aliphatic carboxylic acids is 1. The molecule has 0 aromatic heterocycles. The lowest BCUT2D eigenvalue weighted by Crippen LogP contribution is -2.37. The Morgan fingerprint density at radius 3 is 2.11 bits per heavy atom. The Kier molecular flexibility index (Phi) is 11.6. The molecule has 0 spiro atoms. The standard InChI is InChI=1S/C33H46O5/c1-22(2)12-9-13-23(3)14-10-15-24(4)16-11-20-33(8)21-19-28-27(7)31(25(5)26(6)32(28)38-33)37-30(36)18-17-29(34)35/h12,14,16-18H,9-11,13,15,19-21H2,1-8H3,(H,34,35)/t33-/m1/s1. The molecule has 0 fully saturated rings. The van der Waals surface area contributed by atoms with Crippen LogP contribution in [0.15, 0.2) is 47.1 Å². The Bertz CT molecular complexity index is 1140. The number of allylic oxidation sites excluding steroid dienone is 6. The fourth-order valence-electron chi connectivity index (χ4n) is 4.85. The van der Waals surface area contributed by atoms with Crippen molar-refractivity contribution in [2.45, 2.75) is 112 Å². The van der Waals surface area contributed by atoms with Crippen LogP contribution < -0.4 is 9.47 Å². The quantitative estimate of drug-likeness (QED) is 0.129. The largest absolute Gasteiger partial charge is 0.487 e. The second-order valence-electron chi connectivity index (χ2n) is 11.2. The fourth-order valence-corrected chi connectivity index (χ4v) is 4.85. The van der Waals surface area contributed by atoms with Crippen LogP contribution in [0.4, 0.5) is 0 Å². The van der Waals surface area contributed by atoms with Crippen LogP contribution in [0.1, 0.15) is 102 Å². The van der Waals surface area contributed by atoms with Crippen LogP contribution in [0.25, 0.3) is 0 Å². The van der Waals surface area contributed by atoms with E-state index < -0.39 is 11.9 Å². The van der Waals surface area contributed by atoms with Crippen molar-refractivity contribution in [2.75, 3.05) is 0 Å². The molecule has 5 nitrogen and oxygen atoms in total. The van der Waals surface area contributed by atoms with Gasteiger partial charge in [0.1, 0.15) is 17.1 Å². The zero-order chi connectivity index (χ0) is 28.5. The molecule has 1 N–H and O–H groups in total. The fraction of sp³-hybridized carbons (Fsp3) is 0.515. The molecule has 0 bridgehead atoms. The molecular weight excluding hydrogens is 476 g/mol. The van der Waals surface area contributed by atoms with E-state index >= 15 is 0 Å². The van der Waals surface area contributed by atoms with E-state index in [-0.39, 0.29) is 5.60 Å². The number of carboxylic acid groups (broad SMARTS) is 1. The molecule has 5 heteroatoms. The zero-order valence-electron chi connectivity index (χ0n) is 24.6. The molecule has 0 unspecified atom stereocenters. The molecular formula is C33H46O5. The molecule has 1 atom stereocenters. The Hall–Kier alpha value is -3.08. The van der Waals surface area contributed by atoms with Gasteiger partial charge in [0.2, 0.25) is 0 Å². The number of esters is 1. The summed E-state index contributed by atoms with van der Waals surface area (Å²) in [5.41, 5.74) is 7.75. The molecule has 0 amide bonds. The van der Waals surface area contributed by atoms with Gasteiger partial charge in [-0.1, -0.05) is 34.9 Å². The van der Waals surface area contributed by atoms with Crippen molar-refractivity contribution in [1.82, 2.24) is 0 Å². The van der Waals surface area contributed by atoms with Crippen molar-refractivity contribution < 1.29 is 24.2 Å². The number of ether oxygens (including phenoxy) is 2. The number of carbonyl (C=O) groups excluding carboxylic acids is 1. The van der Waals surface area contributed by atoms with Crippen LogP contribution in [-0.2, 0) is 16.0 Å². The normalized spacial score (nSPS) is 17.7. The molecule has 0 saturated heterocycles. The summed E-state index contributed by atoms with van der Waals surface area (Å²) < 4.78 is 12.2. The Morgan fingerprint density at radius 1 is 0.895 bits per heavy atom. The molecule has 1 aliphatic heterocycles. The molecule has 1 heterocycles. The maximum absolute atomic E-state index is 12.1. The lowest BCUT2D eigenvalue weighted by molar-refractivity contribution is -0.133. The second-order valence-corrected chi connectivity index (χ2v) is 11.2. The van der Waals surface area contributed by atoms with Crippen molar-refractivity contribution in [1.29, 1.82) is 0 Å². The summed E-state index contributed by atoms with van der Waals surface area (Å²) in [6.45, 7) is 16.8. The summed E-state index contributed by atoms with van der Waals surface area (Å²) in [5.74, 6) is -0.499. The maximum Gasteiger partial charge on any atom is 0.336 e. The molecule has 2 rings (SSSR count). The third-order valence-electron chi connectivity index (χ3n) is 7.42. The van der Waals surface area contributed by atoms with Gasteiger partial charge in [0.05, 0.1) is 0 Å². The number of carbonyl (C=O) groups is 2. The average molecular weight is 523 g/mol. The highest BCUT2D eigenvalue weighted by Gasteiger charge is 2.34. The second kappa shape index (κ2) is 14.2. The summed E-state index contributed by atoms with van der Waals surface area (Å²) in [5, 5.41) is 8.76. The van der Waals surface area contributed by atoms with Gasteiger partial charge in [-0.05, 0) is 123 Å². The van der Waals surface area contributed by atoms with Crippen LogP contribution in [-0.4, -0.2) is 22.6 Å². The van der Waals surface area contributed by atoms with Gasteiger partial charge in [-0.15, -0.1) is 0 Å². The first kappa shape index (κ1) is 31.1. The van der Waals surface area contributed by atoms with Crippen molar-refractivity contribution in [3.05, 3.63) is 69.4 Å². The maximum atomic E-state index is 12.1. The average Bonchev–Trinajstić information content (AvgIpc) is 2.83. The van der Waals surface area contributed by atoms with E-state index in [4.69, 9.17) is 14.6 Å². The van der Waals surface area contributed by atoms with E-state index in [1.54, 1.807) is 0 Å². The van der Waals surface area contributed by atoms with Crippen LogP contribution in [0, 0.1) is 20.8 Å². The summed E-state index contributed by atoms with van der Waals surface area (Å²) in [4.78, 5) is 22.8. The number of carboxylic acids is 1. The molecule has 1 aliphatic rings. The van der Waals surface area contributed by atoms with Crippen molar-refractivity contribution in [2.24, 2.45) is 0 Å². The highest BCUT2D eigenvalue weighted by atomic mass is 16.5. The topological polar surface area (TPSA) is 72.8 Å². The van der Waals surface area contributed by atoms with Crippen LogP contribution in [0.5, 0.6) is 11.5 Å². The first-order valence-electron chi connectivity index (χ1n) is 13.7. The predicted octanol–water partition coefficient (Wildman–Crippen LogP) is 8.44. The first-order chi connectivity index (χ1) is 17.8. The van der Waals surface area contributed by atoms with Crippen molar-refractivity contribution in [3.63, 3.8) is 0 Å². The van der Waals surface area contributed by atoms with Gasteiger partial charge in [-0.25, -0.2) is 9.59 Å². The Balaban J connectivity index is 2.00. The van der Waals surface area contributed by atoms with E-state index in [0.717, 1.165) is 91.5 Å². The Morgan fingerprint density at radius 2 is 1.50 bits per heavy atom. The van der Waals surface area contributed by atoms with E-state index in [1.165, 1.54) is 16.7 Å². The number of benzene rings is 1. The summed E-state index contributed by atoms with van der Waals surface area (Å²) in [7, 11) is 0.